The van der Waals surface area contributed by atoms with Gasteiger partial charge in [0.25, 0.3) is 10.0 Å². The number of sulfonamides is 1. The molecular weight excluding hydrogens is 542 g/mol. The molecule has 0 unspecified atom stereocenters. The molecule has 5 rings (SSSR count). The van der Waals surface area contributed by atoms with Crippen LogP contribution in [0.5, 0.6) is 0 Å². The summed E-state index contributed by atoms with van der Waals surface area (Å²) in [4.78, 5) is 29.2. The van der Waals surface area contributed by atoms with E-state index in [9.17, 15) is 18.0 Å². The molecule has 0 radical (unpaired) electrons. The van der Waals surface area contributed by atoms with E-state index in [0.717, 1.165) is 16.6 Å². The first-order chi connectivity index (χ1) is 19.8. The minimum absolute atomic E-state index is 0.00696. The summed E-state index contributed by atoms with van der Waals surface area (Å²) in [5.74, 6) is 0.486. The van der Waals surface area contributed by atoms with Gasteiger partial charge >= 0.3 is 12.1 Å². The smallest absolute Gasteiger partial charge is 0.411 e. The predicted octanol–water partition coefficient (Wildman–Crippen LogP) is 5.18. The van der Waals surface area contributed by atoms with Crippen LogP contribution in [0.3, 0.4) is 0 Å². The number of nitrogens with zero attached hydrogens (tertiary/aromatic N) is 2. The van der Waals surface area contributed by atoms with E-state index in [0.29, 0.717) is 23.3 Å². The van der Waals surface area contributed by atoms with E-state index in [-0.39, 0.29) is 4.90 Å². The van der Waals surface area contributed by atoms with Gasteiger partial charge in [-0.2, -0.15) is 0 Å². The lowest BCUT2D eigenvalue weighted by molar-refractivity contribution is 0.187. The van der Waals surface area contributed by atoms with Crippen molar-refractivity contribution >= 4 is 38.6 Å². The quantitative estimate of drug-likeness (QED) is 0.236. The van der Waals surface area contributed by atoms with Crippen LogP contribution in [-0.2, 0) is 21.2 Å². The average Bonchev–Trinajstić information content (AvgIpc) is 3.47. The van der Waals surface area contributed by atoms with Gasteiger partial charge in [-0.25, -0.2) is 27.7 Å². The number of aromatic nitrogens is 2. The lowest BCUT2D eigenvalue weighted by atomic mass is 10.1. The molecular formula is C30H27N5O5S. The third kappa shape index (κ3) is 6.36. The van der Waals surface area contributed by atoms with Gasteiger partial charge in [-0.1, -0.05) is 66.7 Å². The summed E-state index contributed by atoms with van der Waals surface area (Å²) in [6.45, 7) is 0. The van der Waals surface area contributed by atoms with E-state index < -0.39 is 28.2 Å². The maximum atomic E-state index is 13.3. The molecule has 41 heavy (non-hydrogen) atoms. The van der Waals surface area contributed by atoms with Crippen LogP contribution in [0.2, 0.25) is 0 Å². The number of amides is 3. The number of carbonyl (C=O) groups is 2. The lowest BCUT2D eigenvalue weighted by Gasteiger charge is -2.21. The summed E-state index contributed by atoms with van der Waals surface area (Å²) in [7, 11) is -2.90. The Labute approximate surface area is 237 Å². The molecule has 0 bridgehead atoms. The van der Waals surface area contributed by atoms with Crippen molar-refractivity contribution in [2.24, 2.45) is 0 Å². The largest absolute Gasteiger partial charge is 0.453 e. The van der Waals surface area contributed by atoms with Crippen molar-refractivity contribution in [3.05, 3.63) is 121 Å². The van der Waals surface area contributed by atoms with Crippen LogP contribution in [0, 0.1) is 0 Å². The van der Waals surface area contributed by atoms with Gasteiger partial charge in [0.1, 0.15) is 5.82 Å². The Morgan fingerprint density at radius 3 is 2.37 bits per heavy atom. The standard InChI is InChI=1S/C30H27N5O5S/c1-40-30(37)32-23-14-16-24(17-15-23)35-19-18-31-28(35)26(20-21-8-3-2-4-9-21)33-29(36)34-41(38,39)27-13-7-11-22-10-5-6-12-25(22)27/h2-19,26H,20H2,1H3,(H,32,37)(H2,33,34,36)/t26-/m0/s1. The second kappa shape index (κ2) is 11.9. The van der Waals surface area contributed by atoms with Crippen molar-refractivity contribution in [3.63, 3.8) is 0 Å². The first-order valence-electron chi connectivity index (χ1n) is 12.7. The van der Waals surface area contributed by atoms with Gasteiger partial charge in [0, 0.05) is 29.2 Å². The monoisotopic (exact) mass is 569 g/mol. The van der Waals surface area contributed by atoms with Crippen molar-refractivity contribution < 1.29 is 22.7 Å². The SMILES string of the molecule is COC(=O)Nc1ccc(-n2ccnc2[C@H](Cc2ccccc2)NC(=O)NS(=O)(=O)c2cccc3ccccc23)cc1. The number of benzene rings is 4. The molecule has 0 spiro atoms. The maximum absolute atomic E-state index is 13.3. The van der Waals surface area contributed by atoms with Crippen LogP contribution in [0.15, 0.2) is 114 Å². The van der Waals surface area contributed by atoms with Crippen molar-refractivity contribution in [2.75, 3.05) is 12.4 Å². The van der Waals surface area contributed by atoms with Crippen LogP contribution in [-0.4, -0.2) is 37.2 Å². The normalized spacial score (nSPS) is 11.9. The van der Waals surface area contributed by atoms with Gasteiger partial charge in [0.15, 0.2) is 0 Å². The second-order valence-corrected chi connectivity index (χ2v) is 10.8. The Balaban J connectivity index is 1.42. The highest BCUT2D eigenvalue weighted by molar-refractivity contribution is 7.90. The van der Waals surface area contributed by atoms with Gasteiger partial charge in [0.05, 0.1) is 18.0 Å². The van der Waals surface area contributed by atoms with Crippen LogP contribution < -0.4 is 15.4 Å². The number of nitrogens with one attached hydrogen (secondary N) is 3. The molecule has 0 aliphatic rings. The third-order valence-electron chi connectivity index (χ3n) is 6.41. The number of anilines is 1. The molecule has 1 heterocycles. The number of methoxy groups -OCH3 is 1. The summed E-state index contributed by atoms with van der Waals surface area (Å²) < 4.78 is 35.1. The molecule has 0 saturated heterocycles. The zero-order valence-electron chi connectivity index (χ0n) is 22.0. The van der Waals surface area contributed by atoms with Gasteiger partial charge in [0.2, 0.25) is 0 Å². The average molecular weight is 570 g/mol. The van der Waals surface area contributed by atoms with E-state index in [1.165, 1.54) is 13.2 Å². The molecule has 1 aromatic heterocycles. The lowest BCUT2D eigenvalue weighted by Crippen LogP contribution is -2.42. The van der Waals surface area contributed by atoms with E-state index in [4.69, 9.17) is 0 Å². The Kier molecular flexibility index (Phi) is 7.97. The molecule has 5 aromatic rings. The Morgan fingerprint density at radius 2 is 1.61 bits per heavy atom. The van der Waals surface area contributed by atoms with Crippen LogP contribution >= 0.6 is 0 Å². The Bertz CT molecular complexity index is 1780. The van der Waals surface area contributed by atoms with E-state index >= 15 is 0 Å². The molecule has 0 aliphatic heterocycles. The number of urea groups is 1. The third-order valence-corrected chi connectivity index (χ3v) is 7.80. The van der Waals surface area contributed by atoms with Crippen molar-refractivity contribution in [3.8, 4) is 5.69 Å². The fraction of sp³-hybridized carbons (Fsp3) is 0.100. The molecule has 1 atom stereocenters. The van der Waals surface area contributed by atoms with Crippen molar-refractivity contribution in [2.45, 2.75) is 17.4 Å². The summed E-state index contributed by atoms with van der Waals surface area (Å²) in [6.07, 6.45) is 3.10. The summed E-state index contributed by atoms with van der Waals surface area (Å²) in [6, 6.07) is 26.9. The highest BCUT2D eigenvalue weighted by atomic mass is 32.2. The fourth-order valence-corrected chi connectivity index (χ4v) is 5.66. The Morgan fingerprint density at radius 1 is 0.902 bits per heavy atom. The molecule has 0 saturated carbocycles. The number of rotatable bonds is 8. The Hall–Kier alpha value is -5.16. The molecule has 208 valence electrons. The molecule has 3 amide bonds. The molecule has 10 nitrogen and oxygen atoms in total. The van der Waals surface area contributed by atoms with Gasteiger partial charge in [-0.15, -0.1) is 0 Å². The second-order valence-electron chi connectivity index (χ2n) is 9.12. The summed E-state index contributed by atoms with van der Waals surface area (Å²) in [5.41, 5.74) is 2.18. The zero-order valence-corrected chi connectivity index (χ0v) is 22.8. The van der Waals surface area contributed by atoms with E-state index in [1.54, 1.807) is 59.4 Å². The molecule has 0 fully saturated rings. The number of fused-ring (bicyclic) bond motifs is 1. The van der Waals surface area contributed by atoms with Gasteiger partial charge in [-0.3, -0.25) is 5.32 Å². The number of ether oxygens (including phenoxy) is 1. The number of carbonyl (C=O) groups excluding carboxylic acids is 2. The van der Waals surface area contributed by atoms with Crippen LogP contribution in [0.4, 0.5) is 15.3 Å². The molecule has 0 aliphatic carbocycles. The number of hydrogen-bond donors (Lipinski definition) is 3. The molecule has 11 heteroatoms. The topological polar surface area (TPSA) is 131 Å². The van der Waals surface area contributed by atoms with Crippen molar-refractivity contribution in [1.82, 2.24) is 19.6 Å². The van der Waals surface area contributed by atoms with E-state index in [1.807, 2.05) is 48.5 Å². The van der Waals surface area contributed by atoms with Crippen LogP contribution in [0.25, 0.3) is 16.5 Å². The molecule has 4 aromatic carbocycles. The molecule has 3 N–H and O–H groups in total. The summed E-state index contributed by atoms with van der Waals surface area (Å²) >= 11 is 0. The van der Waals surface area contributed by atoms with Gasteiger partial charge < -0.3 is 14.6 Å². The van der Waals surface area contributed by atoms with E-state index in [2.05, 4.69) is 25.1 Å². The number of hydrogen-bond acceptors (Lipinski definition) is 6. The summed E-state index contributed by atoms with van der Waals surface area (Å²) in [5, 5.41) is 6.66. The number of imidazole rings is 1. The minimum atomic E-state index is -4.19. The fourth-order valence-electron chi connectivity index (χ4n) is 4.52. The first-order valence-corrected chi connectivity index (χ1v) is 14.2. The highest BCUT2D eigenvalue weighted by Crippen LogP contribution is 2.24. The maximum Gasteiger partial charge on any atom is 0.411 e. The predicted molar refractivity (Wildman–Crippen MR) is 155 cm³/mol. The van der Waals surface area contributed by atoms with Crippen molar-refractivity contribution in [1.29, 1.82) is 0 Å². The van der Waals surface area contributed by atoms with Gasteiger partial charge in [-0.05, 0) is 47.7 Å². The minimum Gasteiger partial charge on any atom is -0.453 e. The first kappa shape index (κ1) is 27.4. The zero-order chi connectivity index (χ0) is 28.8. The van der Waals surface area contributed by atoms with Crippen LogP contribution in [0.1, 0.15) is 17.4 Å². The highest BCUT2D eigenvalue weighted by Gasteiger charge is 2.25.